The number of rotatable bonds is 0. The van der Waals surface area contributed by atoms with E-state index in [-0.39, 0.29) is 25.9 Å². The van der Waals surface area contributed by atoms with Gasteiger partial charge in [-0.2, -0.15) is 3.71 Å². The summed E-state index contributed by atoms with van der Waals surface area (Å²) in [5.74, 6) is 0. The Morgan fingerprint density at radius 2 is 1.86 bits per heavy atom. The largest absolute Gasteiger partial charge is 2.00 e. The van der Waals surface area contributed by atoms with E-state index in [0.29, 0.717) is 3.71 Å². The molecule has 1 amide bonds. The number of thiol groups is 2. The quantitative estimate of drug-likeness (QED) is 0.349. The van der Waals surface area contributed by atoms with Crippen molar-refractivity contribution in [2.75, 3.05) is 0 Å². The van der Waals surface area contributed by atoms with Crippen LogP contribution in [0.1, 0.15) is 2.85 Å². The molecular formula is CH5MgNO2S2. The van der Waals surface area contributed by atoms with Crippen LogP contribution in [0.25, 0.3) is 0 Å². The molecule has 0 unspecified atom stereocenters. The molecule has 0 aliphatic rings. The summed E-state index contributed by atoms with van der Waals surface area (Å²) in [6.07, 6.45) is -1.18. The Hall–Kier alpha value is 0.736. The second kappa shape index (κ2) is 4.88. The first-order valence-corrected chi connectivity index (χ1v) is 1.85. The van der Waals surface area contributed by atoms with Crippen LogP contribution in [0, 0.1) is 0 Å². The smallest absolute Gasteiger partial charge is 1.00 e. The summed E-state index contributed by atoms with van der Waals surface area (Å²) < 4.78 is 0.472. The van der Waals surface area contributed by atoms with Crippen LogP contribution in [0.3, 0.4) is 0 Å². The Bertz CT molecular complexity index is 73.6. The van der Waals surface area contributed by atoms with E-state index in [9.17, 15) is 4.79 Å². The number of hydrogen-bond acceptors (Lipinski definition) is 3. The van der Waals surface area contributed by atoms with Crippen LogP contribution in [0.2, 0.25) is 0 Å². The molecular weight excluding hydrogens is 146 g/mol. The van der Waals surface area contributed by atoms with Crippen molar-refractivity contribution in [3.8, 4) is 0 Å². The van der Waals surface area contributed by atoms with Crippen LogP contribution in [-0.4, -0.2) is 38.0 Å². The molecule has 0 radical (unpaired) electrons. The molecule has 0 bridgehead atoms. The second-order valence-electron chi connectivity index (χ2n) is 0.572. The van der Waals surface area contributed by atoms with Gasteiger partial charge >= 0.3 is 29.1 Å². The SMILES string of the molecule is O=C(O)N(S)S.[H-].[H-].[Mg+2]. The molecule has 6 heteroatoms. The van der Waals surface area contributed by atoms with Gasteiger partial charge in [0, 0.05) is 0 Å². The predicted octanol–water partition coefficient (Wildman–Crippen LogP) is 0.500. The normalized spacial score (nSPS) is 6.57. The Morgan fingerprint density at radius 3 is 1.86 bits per heavy atom. The van der Waals surface area contributed by atoms with Gasteiger partial charge in [-0.3, -0.25) is 0 Å². The van der Waals surface area contributed by atoms with Gasteiger partial charge in [0.2, 0.25) is 0 Å². The number of amides is 1. The van der Waals surface area contributed by atoms with E-state index in [1.807, 2.05) is 0 Å². The summed E-state index contributed by atoms with van der Waals surface area (Å²) >= 11 is 6.58. The zero-order valence-corrected chi connectivity index (χ0v) is 6.61. The minimum Gasteiger partial charge on any atom is -1.00 e. The van der Waals surface area contributed by atoms with E-state index in [1.54, 1.807) is 0 Å². The Labute approximate surface area is 71.3 Å². The molecule has 7 heavy (non-hydrogen) atoms. The molecule has 0 aromatic heterocycles. The van der Waals surface area contributed by atoms with Crippen molar-refractivity contribution in [2.45, 2.75) is 0 Å². The molecule has 0 spiro atoms. The summed E-state index contributed by atoms with van der Waals surface area (Å²) in [6, 6.07) is 0. The van der Waals surface area contributed by atoms with Crippen molar-refractivity contribution in [3.63, 3.8) is 0 Å². The maximum atomic E-state index is 9.47. The van der Waals surface area contributed by atoms with Gasteiger partial charge < -0.3 is 7.96 Å². The Balaban J connectivity index is -0.0000000417. The fourth-order valence-electron chi connectivity index (χ4n) is 0. The van der Waals surface area contributed by atoms with Crippen LogP contribution >= 0.6 is 25.6 Å². The maximum absolute atomic E-state index is 9.47. The molecule has 1 N–H and O–H groups in total. The molecule has 0 aromatic rings. The zero-order valence-electron chi connectivity index (χ0n) is 5.40. The minimum absolute atomic E-state index is 0. The first-order chi connectivity index (χ1) is 2.64. The van der Waals surface area contributed by atoms with E-state index in [2.05, 4.69) is 25.6 Å². The van der Waals surface area contributed by atoms with Crippen LogP contribution in [-0.2, 0) is 0 Å². The van der Waals surface area contributed by atoms with Gasteiger partial charge in [0.05, 0.1) is 0 Å². The van der Waals surface area contributed by atoms with Crippen molar-refractivity contribution in [3.05, 3.63) is 0 Å². The van der Waals surface area contributed by atoms with Gasteiger partial charge in [-0.25, -0.2) is 4.79 Å². The molecule has 0 saturated heterocycles. The summed E-state index contributed by atoms with van der Waals surface area (Å²) in [7, 11) is 0. The fourth-order valence-corrected chi connectivity index (χ4v) is 0. The van der Waals surface area contributed by atoms with Gasteiger partial charge in [-0.1, -0.05) is 0 Å². The molecule has 0 aromatic carbocycles. The molecule has 0 aliphatic carbocycles. The number of carboxylic acid groups (broad SMARTS) is 1. The van der Waals surface area contributed by atoms with E-state index >= 15 is 0 Å². The van der Waals surface area contributed by atoms with Gasteiger partial charge in [0.15, 0.2) is 0 Å². The predicted molar refractivity (Wildman–Crippen MR) is 35.8 cm³/mol. The number of hydrogen-bond donors (Lipinski definition) is 3. The molecule has 0 rings (SSSR count). The van der Waals surface area contributed by atoms with Crippen LogP contribution < -0.4 is 0 Å². The zero-order chi connectivity index (χ0) is 5.15. The third-order valence-corrected chi connectivity index (χ3v) is 0.513. The van der Waals surface area contributed by atoms with Crippen molar-refractivity contribution in [2.24, 2.45) is 0 Å². The van der Waals surface area contributed by atoms with Crippen molar-refractivity contribution < 1.29 is 12.8 Å². The summed E-state index contributed by atoms with van der Waals surface area (Å²) in [5.41, 5.74) is 0. The number of nitrogens with zero attached hydrogens (tertiary/aromatic N) is 1. The molecule has 40 valence electrons. The molecule has 3 nitrogen and oxygen atoms in total. The van der Waals surface area contributed by atoms with E-state index < -0.39 is 6.09 Å². The first-order valence-electron chi connectivity index (χ1n) is 1.05. The van der Waals surface area contributed by atoms with E-state index in [0.717, 1.165) is 0 Å². The molecule has 0 aliphatic heterocycles. The molecule has 0 atom stereocenters. The average molecular weight is 151 g/mol. The van der Waals surface area contributed by atoms with Gasteiger partial charge in [-0.05, 0) is 25.6 Å². The monoisotopic (exact) mass is 151 g/mol. The second-order valence-corrected chi connectivity index (χ2v) is 1.69. The summed E-state index contributed by atoms with van der Waals surface area (Å²) in [6.45, 7) is 0. The topological polar surface area (TPSA) is 40.5 Å². The van der Waals surface area contributed by atoms with Gasteiger partial charge in [-0.15, -0.1) is 0 Å². The number of carbonyl (C=O) groups is 1. The Morgan fingerprint density at radius 1 is 1.71 bits per heavy atom. The fraction of sp³-hybridized carbons (Fsp3) is 0. The van der Waals surface area contributed by atoms with E-state index in [4.69, 9.17) is 5.11 Å². The van der Waals surface area contributed by atoms with Crippen molar-refractivity contribution in [1.29, 1.82) is 0 Å². The summed E-state index contributed by atoms with van der Waals surface area (Å²) in [5, 5.41) is 7.76. The Kier molecular flexibility index (Phi) is 7.44. The average Bonchev–Trinajstić information content (AvgIpc) is 1.36. The van der Waals surface area contributed by atoms with Crippen molar-refractivity contribution in [1.82, 2.24) is 3.71 Å². The van der Waals surface area contributed by atoms with Crippen LogP contribution in [0.5, 0.6) is 0 Å². The van der Waals surface area contributed by atoms with Crippen LogP contribution in [0.15, 0.2) is 0 Å². The third kappa shape index (κ3) is 6.74. The van der Waals surface area contributed by atoms with Crippen LogP contribution in [0.4, 0.5) is 4.79 Å². The van der Waals surface area contributed by atoms with Gasteiger partial charge in [0.25, 0.3) is 0 Å². The third-order valence-electron chi connectivity index (χ3n) is 0.171. The minimum atomic E-state index is -1.18. The molecule has 0 fully saturated rings. The molecule has 0 heterocycles. The van der Waals surface area contributed by atoms with Crippen molar-refractivity contribution >= 4 is 54.8 Å². The molecule has 0 saturated carbocycles. The summed E-state index contributed by atoms with van der Waals surface area (Å²) in [4.78, 5) is 9.47. The first kappa shape index (κ1) is 10.7. The maximum Gasteiger partial charge on any atom is 2.00 e. The van der Waals surface area contributed by atoms with E-state index in [1.165, 1.54) is 0 Å². The standard InChI is InChI=1S/CH3NO2S2.Mg.2H/c3-1(4)2(5)6;;;/h5-6H,(H,3,4);;;/q;+2;2*-1. The van der Waals surface area contributed by atoms with Gasteiger partial charge in [0.1, 0.15) is 0 Å².